The van der Waals surface area contributed by atoms with E-state index in [2.05, 4.69) is 20.2 Å². The molecule has 30 heavy (non-hydrogen) atoms. The Bertz CT molecular complexity index is 1140. The minimum Gasteiger partial charge on any atom is -0.384 e. The Morgan fingerprint density at radius 2 is 1.97 bits per heavy atom. The maximum Gasteiger partial charge on any atom is 0.142 e. The molecule has 6 nitrogen and oxygen atoms in total. The molecular weight excluding hydrogens is 398 g/mol. The van der Waals surface area contributed by atoms with Gasteiger partial charge in [-0.1, -0.05) is 23.7 Å². The predicted octanol–water partition coefficient (Wildman–Crippen LogP) is 4.57. The summed E-state index contributed by atoms with van der Waals surface area (Å²) in [6.07, 6.45) is 2.93. The number of H-pyrrole nitrogens is 1. The molecule has 0 bridgehead atoms. The second-order valence-electron chi connectivity index (χ2n) is 7.55. The first-order valence-electron chi connectivity index (χ1n) is 10.4. The Hall–Kier alpha value is -2.67. The van der Waals surface area contributed by atoms with Gasteiger partial charge in [0.2, 0.25) is 0 Å². The maximum absolute atomic E-state index is 6.32. The fourth-order valence-corrected chi connectivity index (χ4v) is 4.13. The molecule has 0 radical (unpaired) electrons. The Morgan fingerprint density at radius 1 is 1.10 bits per heavy atom. The van der Waals surface area contributed by atoms with Gasteiger partial charge in [-0.15, -0.1) is 0 Å². The van der Waals surface area contributed by atoms with Gasteiger partial charge in [0.05, 0.1) is 41.0 Å². The minimum atomic E-state index is 0.697. The molecule has 0 amide bonds. The average Bonchev–Trinajstić information content (AvgIpc) is 3.21. The summed E-state index contributed by atoms with van der Waals surface area (Å²) >= 11 is 6.32. The van der Waals surface area contributed by atoms with Crippen LogP contribution in [0.25, 0.3) is 33.3 Å². The minimum absolute atomic E-state index is 0.697. The Labute approximate surface area is 180 Å². The number of aromatic amines is 1. The van der Waals surface area contributed by atoms with Gasteiger partial charge >= 0.3 is 0 Å². The highest BCUT2D eigenvalue weighted by Crippen LogP contribution is 2.34. The Balaban J connectivity index is 1.45. The summed E-state index contributed by atoms with van der Waals surface area (Å²) < 4.78 is 5.44. The molecule has 2 aromatic heterocycles. The molecule has 4 aromatic rings. The van der Waals surface area contributed by atoms with E-state index < -0.39 is 0 Å². The van der Waals surface area contributed by atoms with Crippen LogP contribution >= 0.6 is 11.6 Å². The van der Waals surface area contributed by atoms with E-state index in [0.717, 1.165) is 84.8 Å². The molecule has 2 aromatic carbocycles. The van der Waals surface area contributed by atoms with Crippen LogP contribution in [0, 0.1) is 0 Å². The highest BCUT2D eigenvalue weighted by atomic mass is 35.5. The van der Waals surface area contributed by atoms with Crippen molar-refractivity contribution in [1.82, 2.24) is 19.9 Å². The number of ether oxygens (including phenoxy) is 1. The summed E-state index contributed by atoms with van der Waals surface area (Å²) in [7, 11) is 0. The molecule has 3 heterocycles. The lowest BCUT2D eigenvalue weighted by molar-refractivity contribution is 0.0378. The van der Waals surface area contributed by atoms with E-state index in [1.807, 2.05) is 48.7 Å². The second-order valence-corrected chi connectivity index (χ2v) is 7.98. The largest absolute Gasteiger partial charge is 0.384 e. The van der Waals surface area contributed by atoms with Crippen LogP contribution in [0.5, 0.6) is 0 Å². The SMILES string of the molecule is Clc1ccc2ncc(-c3nc4ccccc4[nH]3)c(NCCCN3CCOCC3)c2c1. The molecule has 0 atom stereocenters. The molecule has 1 aliphatic rings. The van der Waals surface area contributed by atoms with Crippen LogP contribution in [0.4, 0.5) is 5.69 Å². The molecule has 1 fully saturated rings. The second kappa shape index (κ2) is 8.60. The third-order valence-electron chi connectivity index (χ3n) is 5.53. The van der Waals surface area contributed by atoms with Gasteiger partial charge < -0.3 is 15.0 Å². The smallest absolute Gasteiger partial charge is 0.142 e. The van der Waals surface area contributed by atoms with Crippen molar-refractivity contribution >= 4 is 39.2 Å². The van der Waals surface area contributed by atoms with Crippen molar-refractivity contribution < 1.29 is 4.74 Å². The van der Waals surface area contributed by atoms with Crippen LogP contribution in [0.3, 0.4) is 0 Å². The number of rotatable bonds is 6. The molecular formula is C23H24ClN5O. The molecule has 1 saturated heterocycles. The number of aromatic nitrogens is 3. The van der Waals surface area contributed by atoms with E-state index in [4.69, 9.17) is 21.3 Å². The first-order valence-corrected chi connectivity index (χ1v) is 10.7. The van der Waals surface area contributed by atoms with Crippen molar-refractivity contribution in [1.29, 1.82) is 0 Å². The highest BCUT2D eigenvalue weighted by Gasteiger charge is 2.15. The number of halogens is 1. The summed E-state index contributed by atoms with van der Waals surface area (Å²) in [5, 5.41) is 5.35. The number of pyridine rings is 1. The quantitative estimate of drug-likeness (QED) is 0.446. The van der Waals surface area contributed by atoms with Crippen molar-refractivity contribution in [3.05, 3.63) is 53.7 Å². The number of fused-ring (bicyclic) bond motifs is 2. The van der Waals surface area contributed by atoms with E-state index in [-0.39, 0.29) is 0 Å². The molecule has 1 aliphatic heterocycles. The number of morpholine rings is 1. The van der Waals surface area contributed by atoms with Crippen molar-refractivity contribution in [2.24, 2.45) is 0 Å². The normalized spacial score (nSPS) is 15.1. The average molecular weight is 422 g/mol. The van der Waals surface area contributed by atoms with Gasteiger partial charge in [0, 0.05) is 36.2 Å². The maximum atomic E-state index is 6.32. The zero-order valence-electron chi connectivity index (χ0n) is 16.7. The summed E-state index contributed by atoms with van der Waals surface area (Å²) in [4.78, 5) is 15.3. The third kappa shape index (κ3) is 3.99. The van der Waals surface area contributed by atoms with Gasteiger partial charge in [-0.05, 0) is 43.3 Å². The van der Waals surface area contributed by atoms with E-state index in [1.165, 1.54) is 0 Å². The van der Waals surface area contributed by atoms with Crippen LogP contribution in [-0.4, -0.2) is 59.2 Å². The predicted molar refractivity (Wildman–Crippen MR) is 122 cm³/mol. The van der Waals surface area contributed by atoms with Crippen molar-refractivity contribution in [2.45, 2.75) is 6.42 Å². The van der Waals surface area contributed by atoms with E-state index in [9.17, 15) is 0 Å². The van der Waals surface area contributed by atoms with Gasteiger partial charge in [0.1, 0.15) is 5.82 Å². The molecule has 5 rings (SSSR count). The molecule has 0 spiro atoms. The number of hydrogen-bond donors (Lipinski definition) is 2. The lowest BCUT2D eigenvalue weighted by Crippen LogP contribution is -2.37. The Morgan fingerprint density at radius 3 is 2.83 bits per heavy atom. The van der Waals surface area contributed by atoms with Crippen molar-refractivity contribution in [3.8, 4) is 11.4 Å². The number of nitrogens with one attached hydrogen (secondary N) is 2. The van der Waals surface area contributed by atoms with Crippen LogP contribution in [-0.2, 0) is 4.74 Å². The van der Waals surface area contributed by atoms with Crippen LogP contribution < -0.4 is 5.32 Å². The number of nitrogens with zero attached hydrogens (tertiary/aromatic N) is 3. The molecule has 0 unspecified atom stereocenters. The first kappa shape index (κ1) is 19.3. The lowest BCUT2D eigenvalue weighted by Gasteiger charge is -2.26. The van der Waals surface area contributed by atoms with Crippen LogP contribution in [0.1, 0.15) is 6.42 Å². The zero-order valence-corrected chi connectivity index (χ0v) is 17.5. The Kier molecular flexibility index (Phi) is 5.53. The summed E-state index contributed by atoms with van der Waals surface area (Å²) in [5.41, 5.74) is 4.83. The molecule has 2 N–H and O–H groups in total. The summed E-state index contributed by atoms with van der Waals surface area (Å²) in [5.74, 6) is 0.807. The van der Waals surface area contributed by atoms with E-state index in [0.29, 0.717) is 5.02 Å². The van der Waals surface area contributed by atoms with E-state index in [1.54, 1.807) is 0 Å². The molecule has 7 heteroatoms. The van der Waals surface area contributed by atoms with Gasteiger partial charge in [-0.2, -0.15) is 0 Å². The van der Waals surface area contributed by atoms with Crippen LogP contribution in [0.2, 0.25) is 5.02 Å². The number of para-hydroxylation sites is 2. The highest BCUT2D eigenvalue weighted by molar-refractivity contribution is 6.31. The molecule has 0 aliphatic carbocycles. The summed E-state index contributed by atoms with van der Waals surface area (Å²) in [6, 6.07) is 13.9. The van der Waals surface area contributed by atoms with Gasteiger partial charge in [-0.3, -0.25) is 9.88 Å². The van der Waals surface area contributed by atoms with Gasteiger partial charge in [-0.25, -0.2) is 4.98 Å². The number of benzene rings is 2. The fraction of sp³-hybridized carbons (Fsp3) is 0.304. The van der Waals surface area contributed by atoms with Gasteiger partial charge in [0.25, 0.3) is 0 Å². The standard InChI is InChI=1S/C23H24ClN5O/c24-16-6-7-19-17(14-16)22(25-8-3-9-29-10-12-30-13-11-29)18(15-26-19)23-27-20-4-1-2-5-21(20)28-23/h1-2,4-7,14-15H,3,8-13H2,(H,25,26)(H,27,28). The first-order chi connectivity index (χ1) is 14.8. The fourth-order valence-electron chi connectivity index (χ4n) is 3.96. The monoisotopic (exact) mass is 421 g/mol. The van der Waals surface area contributed by atoms with Crippen molar-refractivity contribution in [3.63, 3.8) is 0 Å². The van der Waals surface area contributed by atoms with E-state index >= 15 is 0 Å². The zero-order chi connectivity index (χ0) is 20.3. The van der Waals surface area contributed by atoms with Crippen molar-refractivity contribution in [2.75, 3.05) is 44.7 Å². The number of imidazole rings is 1. The third-order valence-corrected chi connectivity index (χ3v) is 5.77. The van der Waals surface area contributed by atoms with Crippen LogP contribution in [0.15, 0.2) is 48.7 Å². The summed E-state index contributed by atoms with van der Waals surface area (Å²) in [6.45, 7) is 5.60. The molecule has 0 saturated carbocycles. The van der Waals surface area contributed by atoms with Gasteiger partial charge in [0.15, 0.2) is 0 Å². The number of hydrogen-bond acceptors (Lipinski definition) is 5. The lowest BCUT2D eigenvalue weighted by atomic mass is 10.1. The topological polar surface area (TPSA) is 66.1 Å². The number of anilines is 1. The molecule has 154 valence electrons.